The van der Waals surface area contributed by atoms with Crippen molar-refractivity contribution >= 4 is 18.2 Å². The standard InChI is InChI=1S/C33H42N4O6/c1-5-9-27(31(39)35-22-38)37-20-25-23(11-8-12-24(25)32(37)40)10-6-7-17-36-18-15-33(21-34,16-19-36)26-13-14-28(41-2)30(43-4)29(26)42-3/h8,11-14,22,27H,5-7,9-10,15-20H2,1-4H3,(H,35,38,39). The summed E-state index contributed by atoms with van der Waals surface area (Å²) in [7, 11) is 4.74. The Hall–Kier alpha value is -4.10. The first kappa shape index (κ1) is 31.8. The second kappa shape index (κ2) is 14.4. The van der Waals surface area contributed by atoms with E-state index < -0.39 is 17.4 Å². The lowest BCUT2D eigenvalue weighted by Crippen LogP contribution is -2.46. The molecule has 0 saturated carbocycles. The van der Waals surface area contributed by atoms with Gasteiger partial charge >= 0.3 is 0 Å². The first-order valence-electron chi connectivity index (χ1n) is 15.0. The molecule has 1 saturated heterocycles. The Morgan fingerprint density at radius 1 is 1.09 bits per heavy atom. The maximum Gasteiger partial charge on any atom is 0.255 e. The fourth-order valence-electron chi connectivity index (χ4n) is 6.49. The lowest BCUT2D eigenvalue weighted by molar-refractivity contribution is -0.129. The molecule has 10 nitrogen and oxygen atoms in total. The molecule has 0 spiro atoms. The van der Waals surface area contributed by atoms with E-state index in [9.17, 15) is 19.6 Å². The molecule has 4 rings (SSSR count). The molecule has 10 heteroatoms. The van der Waals surface area contributed by atoms with E-state index in [1.54, 1.807) is 26.2 Å². The summed E-state index contributed by atoms with van der Waals surface area (Å²) in [6.45, 7) is 4.86. The molecule has 2 aromatic rings. The molecule has 1 N–H and O–H groups in total. The van der Waals surface area contributed by atoms with Crippen molar-refractivity contribution in [2.45, 2.75) is 69.9 Å². The SMILES string of the molecule is CCCC(C(=O)NC=O)N1Cc2c(CCCCN3CCC(C#N)(c4ccc(OC)c(OC)c4OC)CC3)cccc2C1=O. The van der Waals surface area contributed by atoms with Gasteiger partial charge in [-0.2, -0.15) is 5.26 Å². The number of methoxy groups -OCH3 is 3. The van der Waals surface area contributed by atoms with E-state index in [0.717, 1.165) is 62.0 Å². The molecular weight excluding hydrogens is 548 g/mol. The van der Waals surface area contributed by atoms with Crippen LogP contribution in [-0.2, 0) is 28.0 Å². The first-order valence-corrected chi connectivity index (χ1v) is 15.0. The Balaban J connectivity index is 1.35. The lowest BCUT2D eigenvalue weighted by Gasteiger charge is -2.38. The molecule has 3 amide bonds. The van der Waals surface area contributed by atoms with Crippen LogP contribution in [0.4, 0.5) is 0 Å². The van der Waals surface area contributed by atoms with Crippen LogP contribution in [0, 0.1) is 11.3 Å². The molecule has 0 radical (unpaired) electrons. The summed E-state index contributed by atoms with van der Waals surface area (Å²) < 4.78 is 16.7. The van der Waals surface area contributed by atoms with Gasteiger partial charge in [-0.25, -0.2) is 0 Å². The molecule has 2 aliphatic rings. The van der Waals surface area contributed by atoms with Crippen LogP contribution in [0.5, 0.6) is 17.2 Å². The quantitative estimate of drug-likeness (QED) is 0.259. The number of piperidine rings is 1. The summed E-state index contributed by atoms with van der Waals surface area (Å²) in [6.07, 6.45) is 5.75. The molecule has 2 heterocycles. The summed E-state index contributed by atoms with van der Waals surface area (Å²) in [6, 6.07) is 11.5. The van der Waals surface area contributed by atoms with Gasteiger partial charge in [0.2, 0.25) is 18.1 Å². The zero-order valence-electron chi connectivity index (χ0n) is 25.6. The predicted octanol–water partition coefficient (Wildman–Crippen LogP) is 3.99. The Morgan fingerprint density at radius 2 is 1.84 bits per heavy atom. The number of aryl methyl sites for hydroxylation is 1. The number of ether oxygens (including phenoxy) is 3. The fourth-order valence-corrected chi connectivity index (χ4v) is 6.49. The molecule has 0 aliphatic carbocycles. The third kappa shape index (κ3) is 6.47. The van der Waals surface area contributed by atoms with Crippen LogP contribution in [-0.4, -0.2) is 75.0 Å². The topological polar surface area (TPSA) is 121 Å². The number of nitriles is 1. The highest BCUT2D eigenvalue weighted by Crippen LogP contribution is 2.47. The molecule has 1 unspecified atom stereocenters. The van der Waals surface area contributed by atoms with Gasteiger partial charge in [-0.15, -0.1) is 0 Å². The Bertz CT molecular complexity index is 1360. The van der Waals surface area contributed by atoms with E-state index >= 15 is 0 Å². The number of hydrogen-bond donors (Lipinski definition) is 1. The van der Waals surface area contributed by atoms with Gasteiger partial charge < -0.3 is 24.0 Å². The number of hydrogen-bond acceptors (Lipinski definition) is 8. The number of amides is 3. The lowest BCUT2D eigenvalue weighted by atomic mass is 9.73. The highest BCUT2D eigenvalue weighted by atomic mass is 16.5. The predicted molar refractivity (Wildman–Crippen MR) is 161 cm³/mol. The van der Waals surface area contributed by atoms with Gasteiger partial charge in [0, 0.05) is 17.7 Å². The molecule has 1 fully saturated rings. The summed E-state index contributed by atoms with van der Waals surface area (Å²) in [5, 5.41) is 12.5. The monoisotopic (exact) mass is 590 g/mol. The number of benzene rings is 2. The van der Waals surface area contributed by atoms with E-state index in [1.807, 2.05) is 31.2 Å². The fraction of sp³-hybridized carbons (Fsp3) is 0.515. The highest BCUT2D eigenvalue weighted by molar-refractivity contribution is 6.02. The Kier molecular flexibility index (Phi) is 10.6. The molecule has 2 aliphatic heterocycles. The molecular formula is C33H42N4O6. The van der Waals surface area contributed by atoms with E-state index in [2.05, 4.69) is 22.4 Å². The molecule has 0 aromatic heterocycles. The number of likely N-dealkylation sites (tertiary alicyclic amines) is 1. The molecule has 1 atom stereocenters. The van der Waals surface area contributed by atoms with Crippen molar-refractivity contribution in [3.05, 3.63) is 52.6 Å². The van der Waals surface area contributed by atoms with Crippen LogP contribution in [0.15, 0.2) is 30.3 Å². The molecule has 230 valence electrons. The second-order valence-electron chi connectivity index (χ2n) is 11.2. The van der Waals surface area contributed by atoms with Crippen molar-refractivity contribution in [3.63, 3.8) is 0 Å². The van der Waals surface area contributed by atoms with Gasteiger partial charge in [0.05, 0.1) is 32.8 Å². The summed E-state index contributed by atoms with van der Waals surface area (Å²) >= 11 is 0. The highest BCUT2D eigenvalue weighted by Gasteiger charge is 2.40. The number of nitrogens with one attached hydrogen (secondary N) is 1. The molecule has 43 heavy (non-hydrogen) atoms. The number of unbranched alkanes of at least 4 members (excludes halogenated alkanes) is 1. The van der Waals surface area contributed by atoms with Gasteiger partial charge in [0.1, 0.15) is 6.04 Å². The zero-order valence-corrected chi connectivity index (χ0v) is 25.6. The minimum Gasteiger partial charge on any atom is -0.493 e. The number of fused-ring (bicyclic) bond motifs is 1. The third-order valence-electron chi connectivity index (χ3n) is 8.85. The smallest absolute Gasteiger partial charge is 0.255 e. The van der Waals surface area contributed by atoms with E-state index in [-0.39, 0.29) is 5.91 Å². The molecule has 0 bridgehead atoms. The summed E-state index contributed by atoms with van der Waals surface area (Å²) in [4.78, 5) is 40.6. The van der Waals surface area contributed by atoms with Crippen LogP contribution in [0.1, 0.15) is 72.5 Å². The van der Waals surface area contributed by atoms with Crippen LogP contribution < -0.4 is 19.5 Å². The molecule has 2 aromatic carbocycles. The van der Waals surface area contributed by atoms with Crippen LogP contribution >= 0.6 is 0 Å². The van der Waals surface area contributed by atoms with Crippen LogP contribution in [0.2, 0.25) is 0 Å². The van der Waals surface area contributed by atoms with Crippen LogP contribution in [0.25, 0.3) is 0 Å². The van der Waals surface area contributed by atoms with Crippen molar-refractivity contribution in [3.8, 4) is 23.3 Å². The van der Waals surface area contributed by atoms with Crippen molar-refractivity contribution in [2.24, 2.45) is 0 Å². The first-order chi connectivity index (χ1) is 20.9. The number of carbonyl (C=O) groups is 3. The normalized spacial score (nSPS) is 16.6. The second-order valence-corrected chi connectivity index (χ2v) is 11.2. The minimum absolute atomic E-state index is 0.156. The largest absolute Gasteiger partial charge is 0.493 e. The Morgan fingerprint density at radius 3 is 2.47 bits per heavy atom. The van der Waals surface area contributed by atoms with Gasteiger partial charge in [-0.3, -0.25) is 19.7 Å². The van der Waals surface area contributed by atoms with E-state index in [0.29, 0.717) is 55.0 Å². The van der Waals surface area contributed by atoms with Crippen molar-refractivity contribution < 1.29 is 28.6 Å². The third-order valence-corrected chi connectivity index (χ3v) is 8.85. The van der Waals surface area contributed by atoms with Crippen molar-refractivity contribution in [2.75, 3.05) is 41.0 Å². The summed E-state index contributed by atoms with van der Waals surface area (Å²) in [5.41, 5.74) is 2.92. The van der Waals surface area contributed by atoms with Gasteiger partial charge in [-0.1, -0.05) is 25.5 Å². The number of rotatable bonds is 14. The van der Waals surface area contributed by atoms with Crippen LogP contribution in [0.3, 0.4) is 0 Å². The number of imide groups is 1. The average molecular weight is 591 g/mol. The van der Waals surface area contributed by atoms with E-state index in [1.165, 1.54) is 0 Å². The van der Waals surface area contributed by atoms with Crippen molar-refractivity contribution in [1.82, 2.24) is 15.1 Å². The maximum absolute atomic E-state index is 13.2. The van der Waals surface area contributed by atoms with Gasteiger partial charge in [-0.05, 0) is 87.5 Å². The van der Waals surface area contributed by atoms with Gasteiger partial charge in [0.25, 0.3) is 5.91 Å². The van der Waals surface area contributed by atoms with Gasteiger partial charge in [0.15, 0.2) is 11.5 Å². The van der Waals surface area contributed by atoms with Crippen molar-refractivity contribution in [1.29, 1.82) is 5.26 Å². The minimum atomic E-state index is -0.665. The zero-order chi connectivity index (χ0) is 31.0. The average Bonchev–Trinajstić information content (AvgIpc) is 3.37. The maximum atomic E-state index is 13.2. The number of carbonyl (C=O) groups excluding carboxylic acids is 3. The summed E-state index contributed by atoms with van der Waals surface area (Å²) in [5.74, 6) is 1.03. The van der Waals surface area contributed by atoms with E-state index in [4.69, 9.17) is 14.2 Å². The number of nitrogens with zero attached hydrogens (tertiary/aromatic N) is 3. The Labute approximate surface area is 253 Å².